The molecule has 6 nitrogen and oxygen atoms in total. The van der Waals surface area contributed by atoms with Gasteiger partial charge in [-0.2, -0.15) is 0 Å². The molecule has 1 aromatic carbocycles. The third-order valence-electron chi connectivity index (χ3n) is 5.15. The van der Waals surface area contributed by atoms with Gasteiger partial charge in [-0.3, -0.25) is 9.59 Å². The van der Waals surface area contributed by atoms with E-state index in [1.807, 2.05) is 51.1 Å². The molecule has 148 valence electrons. The van der Waals surface area contributed by atoms with Crippen molar-refractivity contribution in [1.29, 1.82) is 0 Å². The van der Waals surface area contributed by atoms with Crippen molar-refractivity contribution in [2.24, 2.45) is 0 Å². The molecule has 0 fully saturated rings. The third kappa shape index (κ3) is 3.60. The normalized spacial score (nSPS) is 12.3. The van der Waals surface area contributed by atoms with Crippen LogP contribution >= 0.6 is 0 Å². The number of para-hydroxylation sites is 1. The molecule has 0 radical (unpaired) electrons. The van der Waals surface area contributed by atoms with Gasteiger partial charge in [-0.25, -0.2) is 0 Å². The molecule has 0 bridgehead atoms. The van der Waals surface area contributed by atoms with Crippen molar-refractivity contribution in [2.75, 3.05) is 13.7 Å². The quantitative estimate of drug-likeness (QED) is 0.687. The molecule has 2 heterocycles. The highest BCUT2D eigenvalue weighted by Gasteiger charge is 2.22. The zero-order valence-electron chi connectivity index (χ0n) is 17.1. The first kappa shape index (κ1) is 19.9. The minimum Gasteiger partial charge on any atom is -0.383 e. The van der Waals surface area contributed by atoms with Crippen LogP contribution in [0.3, 0.4) is 0 Å². The Hall–Kier alpha value is -2.86. The van der Waals surface area contributed by atoms with Crippen LogP contribution < -0.4 is 10.9 Å². The predicted octanol–water partition coefficient (Wildman–Crippen LogP) is 3.39. The Morgan fingerprint density at radius 1 is 1.25 bits per heavy atom. The Balaban J connectivity index is 1.97. The van der Waals surface area contributed by atoms with Gasteiger partial charge in [0.1, 0.15) is 0 Å². The monoisotopic (exact) mass is 381 g/mol. The first-order valence-electron chi connectivity index (χ1n) is 9.41. The third-order valence-corrected chi connectivity index (χ3v) is 5.15. The highest BCUT2D eigenvalue weighted by molar-refractivity contribution is 6.08. The number of aryl methyl sites for hydroxylation is 2. The largest absolute Gasteiger partial charge is 0.383 e. The van der Waals surface area contributed by atoms with Gasteiger partial charge in [-0.05, 0) is 45.4 Å². The summed E-state index contributed by atoms with van der Waals surface area (Å²) in [6.07, 6.45) is 0. The number of aromatic amines is 1. The maximum atomic E-state index is 13.1. The predicted molar refractivity (Wildman–Crippen MR) is 111 cm³/mol. The standard InChI is InChI=1S/C22H27N3O3/c1-13-10-14(2)24-21(26)18(13)11-23-22(27)20-16(4)25(15(3)12-28-5)19-9-7-6-8-17(19)20/h6-10,15H,11-12H2,1-5H3,(H,23,27)(H,24,26). The van der Waals surface area contributed by atoms with Crippen molar-refractivity contribution in [2.45, 2.75) is 40.3 Å². The average molecular weight is 381 g/mol. The second kappa shape index (κ2) is 8.02. The van der Waals surface area contributed by atoms with Crippen molar-refractivity contribution in [3.63, 3.8) is 0 Å². The molecule has 0 aliphatic rings. The molecule has 3 aromatic rings. The SMILES string of the molecule is COCC(C)n1c(C)c(C(=O)NCc2c(C)cc(C)[nH]c2=O)c2ccccc21. The number of ether oxygens (including phenoxy) is 1. The van der Waals surface area contributed by atoms with E-state index in [0.29, 0.717) is 17.7 Å². The summed E-state index contributed by atoms with van der Waals surface area (Å²) in [5.41, 5.74) is 4.62. The molecule has 28 heavy (non-hydrogen) atoms. The fraction of sp³-hybridized carbons (Fsp3) is 0.364. The second-order valence-electron chi connectivity index (χ2n) is 7.28. The Labute approximate surface area is 164 Å². The van der Waals surface area contributed by atoms with Gasteiger partial charge in [0.15, 0.2) is 0 Å². The number of nitrogens with zero attached hydrogens (tertiary/aromatic N) is 1. The van der Waals surface area contributed by atoms with Crippen LogP contribution in [0.5, 0.6) is 0 Å². The lowest BCUT2D eigenvalue weighted by molar-refractivity contribution is 0.0951. The van der Waals surface area contributed by atoms with E-state index < -0.39 is 0 Å². The van der Waals surface area contributed by atoms with Gasteiger partial charge in [-0.1, -0.05) is 18.2 Å². The van der Waals surface area contributed by atoms with Crippen LogP contribution in [0.15, 0.2) is 35.1 Å². The van der Waals surface area contributed by atoms with Crippen LogP contribution in [0.4, 0.5) is 0 Å². The number of methoxy groups -OCH3 is 1. The summed E-state index contributed by atoms with van der Waals surface area (Å²) < 4.78 is 7.45. The fourth-order valence-electron chi connectivity index (χ4n) is 3.92. The molecule has 0 saturated heterocycles. The number of amides is 1. The van der Waals surface area contributed by atoms with Crippen molar-refractivity contribution >= 4 is 16.8 Å². The highest BCUT2D eigenvalue weighted by Crippen LogP contribution is 2.29. The maximum absolute atomic E-state index is 13.1. The minimum atomic E-state index is -0.184. The van der Waals surface area contributed by atoms with Crippen LogP contribution in [-0.4, -0.2) is 29.2 Å². The van der Waals surface area contributed by atoms with Crippen molar-refractivity contribution in [3.8, 4) is 0 Å². The molecular formula is C22H27N3O3. The molecule has 0 saturated carbocycles. The first-order chi connectivity index (χ1) is 13.3. The number of rotatable bonds is 6. The van der Waals surface area contributed by atoms with Gasteiger partial charge in [0.2, 0.25) is 0 Å². The minimum absolute atomic E-state index is 0.0960. The first-order valence-corrected chi connectivity index (χ1v) is 9.41. The average Bonchev–Trinajstić information content (AvgIpc) is 2.92. The molecule has 1 amide bonds. The molecule has 2 N–H and O–H groups in total. The Bertz CT molecular complexity index is 1080. The van der Waals surface area contributed by atoms with Gasteiger partial charge in [-0.15, -0.1) is 0 Å². The number of hydrogen-bond acceptors (Lipinski definition) is 3. The van der Waals surface area contributed by atoms with Gasteiger partial charge >= 0.3 is 0 Å². The Morgan fingerprint density at radius 3 is 2.64 bits per heavy atom. The molecule has 3 rings (SSSR count). The summed E-state index contributed by atoms with van der Waals surface area (Å²) in [5.74, 6) is -0.184. The van der Waals surface area contributed by atoms with E-state index in [2.05, 4.69) is 21.8 Å². The maximum Gasteiger partial charge on any atom is 0.254 e. The number of aromatic nitrogens is 2. The fourth-order valence-corrected chi connectivity index (χ4v) is 3.92. The Kier molecular flexibility index (Phi) is 5.70. The smallest absolute Gasteiger partial charge is 0.254 e. The zero-order valence-corrected chi connectivity index (χ0v) is 17.1. The molecule has 0 aliphatic heterocycles. The van der Waals surface area contributed by atoms with E-state index in [1.165, 1.54) is 0 Å². The molecule has 2 aromatic heterocycles. The van der Waals surface area contributed by atoms with E-state index in [-0.39, 0.29) is 24.1 Å². The number of pyridine rings is 1. The number of carbonyl (C=O) groups is 1. The number of carbonyl (C=O) groups excluding carboxylic acids is 1. The number of nitrogens with one attached hydrogen (secondary N) is 2. The highest BCUT2D eigenvalue weighted by atomic mass is 16.5. The number of benzene rings is 1. The molecule has 1 unspecified atom stereocenters. The molecule has 0 aliphatic carbocycles. The summed E-state index contributed by atoms with van der Waals surface area (Å²) in [6, 6.07) is 9.87. The van der Waals surface area contributed by atoms with Crippen molar-refractivity contribution < 1.29 is 9.53 Å². The summed E-state index contributed by atoms with van der Waals surface area (Å²) >= 11 is 0. The van der Waals surface area contributed by atoms with Gasteiger partial charge < -0.3 is 19.6 Å². The van der Waals surface area contributed by atoms with E-state index in [9.17, 15) is 9.59 Å². The van der Waals surface area contributed by atoms with Crippen molar-refractivity contribution in [3.05, 3.63) is 68.8 Å². The molecule has 1 atom stereocenters. The van der Waals surface area contributed by atoms with Gasteiger partial charge in [0, 0.05) is 41.5 Å². The second-order valence-corrected chi connectivity index (χ2v) is 7.28. The summed E-state index contributed by atoms with van der Waals surface area (Å²) in [6.45, 7) is 8.49. The van der Waals surface area contributed by atoms with E-state index in [0.717, 1.165) is 27.9 Å². The lowest BCUT2D eigenvalue weighted by Crippen LogP contribution is -2.28. The molecule has 0 spiro atoms. The Morgan fingerprint density at radius 2 is 1.96 bits per heavy atom. The van der Waals surface area contributed by atoms with E-state index in [4.69, 9.17) is 4.74 Å². The lowest BCUT2D eigenvalue weighted by atomic mass is 10.1. The number of H-pyrrole nitrogens is 1. The van der Waals surface area contributed by atoms with Crippen molar-refractivity contribution in [1.82, 2.24) is 14.9 Å². The van der Waals surface area contributed by atoms with Crippen LogP contribution in [0.2, 0.25) is 0 Å². The van der Waals surface area contributed by atoms with Gasteiger partial charge in [0.25, 0.3) is 11.5 Å². The topological polar surface area (TPSA) is 76.1 Å². The summed E-state index contributed by atoms with van der Waals surface area (Å²) in [4.78, 5) is 28.1. The number of fused-ring (bicyclic) bond motifs is 1. The molecule has 6 heteroatoms. The van der Waals surface area contributed by atoms with E-state index in [1.54, 1.807) is 7.11 Å². The summed E-state index contributed by atoms with van der Waals surface area (Å²) in [5, 5.41) is 3.83. The zero-order chi connectivity index (χ0) is 20.4. The van der Waals surface area contributed by atoms with Gasteiger partial charge in [0.05, 0.1) is 18.2 Å². The van der Waals surface area contributed by atoms with Crippen LogP contribution in [0, 0.1) is 20.8 Å². The lowest BCUT2D eigenvalue weighted by Gasteiger charge is -2.17. The van der Waals surface area contributed by atoms with Crippen LogP contribution in [0.25, 0.3) is 10.9 Å². The van der Waals surface area contributed by atoms with Crippen LogP contribution in [-0.2, 0) is 11.3 Å². The van der Waals surface area contributed by atoms with E-state index >= 15 is 0 Å². The number of hydrogen-bond donors (Lipinski definition) is 2. The molecular weight excluding hydrogens is 354 g/mol. The summed E-state index contributed by atoms with van der Waals surface area (Å²) in [7, 11) is 1.67. The van der Waals surface area contributed by atoms with Crippen LogP contribution in [0.1, 0.15) is 45.8 Å².